The van der Waals surface area contributed by atoms with Crippen molar-refractivity contribution >= 4 is 10.8 Å². The molecule has 0 aliphatic carbocycles. The van der Waals surface area contributed by atoms with Crippen molar-refractivity contribution < 1.29 is 9.47 Å². The van der Waals surface area contributed by atoms with Crippen LogP contribution < -0.4 is 4.74 Å². The third-order valence-corrected chi connectivity index (χ3v) is 4.00. The number of ether oxygens (including phenoxy) is 2. The Hall–Kier alpha value is -2.32. The molecule has 1 aliphatic heterocycles. The van der Waals surface area contributed by atoms with Crippen molar-refractivity contribution in [2.24, 2.45) is 0 Å². The number of hydrogen-bond donors (Lipinski definition) is 0. The van der Waals surface area contributed by atoms with E-state index in [-0.39, 0.29) is 5.60 Å². The summed E-state index contributed by atoms with van der Waals surface area (Å²) in [4.78, 5) is 0. The first-order valence-corrected chi connectivity index (χ1v) is 7.17. The molecule has 104 valence electrons. The van der Waals surface area contributed by atoms with E-state index in [0.29, 0.717) is 6.61 Å². The molecule has 0 bridgehead atoms. The minimum Gasteiger partial charge on any atom is -0.489 e. The normalized spacial score (nSPS) is 20.4. The van der Waals surface area contributed by atoms with Gasteiger partial charge in [0, 0.05) is 5.39 Å². The molecule has 1 atom stereocenters. The molecule has 1 aliphatic rings. The average Bonchev–Trinajstić information content (AvgIpc) is 3.35. The van der Waals surface area contributed by atoms with E-state index in [1.165, 1.54) is 10.9 Å². The highest BCUT2D eigenvalue weighted by Gasteiger charge is 2.47. The Morgan fingerprint density at radius 2 is 1.57 bits per heavy atom. The lowest BCUT2D eigenvalue weighted by molar-refractivity contribution is 0.191. The number of rotatable bonds is 4. The summed E-state index contributed by atoms with van der Waals surface area (Å²) in [5, 5.41) is 2.34. The number of fused-ring (bicyclic) bond motifs is 1. The maximum atomic E-state index is 6.08. The van der Waals surface area contributed by atoms with Crippen molar-refractivity contribution in [3.05, 3.63) is 78.4 Å². The molecule has 0 amide bonds. The van der Waals surface area contributed by atoms with E-state index in [4.69, 9.17) is 9.47 Å². The van der Waals surface area contributed by atoms with Gasteiger partial charge in [0.15, 0.2) is 5.60 Å². The van der Waals surface area contributed by atoms with Crippen LogP contribution in [0.15, 0.2) is 72.8 Å². The Labute approximate surface area is 123 Å². The van der Waals surface area contributed by atoms with Gasteiger partial charge in [-0.25, -0.2) is 0 Å². The molecular weight excluding hydrogens is 260 g/mol. The summed E-state index contributed by atoms with van der Waals surface area (Å²) in [5.41, 5.74) is 0.920. The van der Waals surface area contributed by atoms with E-state index in [0.717, 1.165) is 17.7 Å². The highest BCUT2D eigenvalue weighted by atomic mass is 16.6. The molecule has 0 radical (unpaired) electrons. The predicted octanol–water partition coefficient (Wildman–Crippen LogP) is 4.14. The molecule has 21 heavy (non-hydrogen) atoms. The van der Waals surface area contributed by atoms with Gasteiger partial charge in [-0.1, -0.05) is 66.7 Å². The van der Waals surface area contributed by atoms with Crippen LogP contribution in [0.5, 0.6) is 5.75 Å². The van der Waals surface area contributed by atoms with E-state index in [1.54, 1.807) is 0 Å². The van der Waals surface area contributed by atoms with Crippen LogP contribution >= 0.6 is 0 Å². The first kappa shape index (κ1) is 12.4. The minimum absolute atomic E-state index is 0.266. The lowest BCUT2D eigenvalue weighted by Crippen LogP contribution is -2.19. The van der Waals surface area contributed by atoms with Crippen LogP contribution in [0.2, 0.25) is 0 Å². The van der Waals surface area contributed by atoms with Gasteiger partial charge in [-0.2, -0.15) is 0 Å². The summed E-state index contributed by atoms with van der Waals surface area (Å²) >= 11 is 0. The molecule has 0 aromatic heterocycles. The Morgan fingerprint density at radius 1 is 0.857 bits per heavy atom. The van der Waals surface area contributed by atoms with E-state index >= 15 is 0 Å². The fourth-order valence-corrected chi connectivity index (χ4v) is 2.68. The van der Waals surface area contributed by atoms with Crippen molar-refractivity contribution in [3.8, 4) is 5.75 Å². The van der Waals surface area contributed by atoms with E-state index < -0.39 is 0 Å². The standard InChI is InChI=1S/C19H16O2/c1-2-9-16(10-3-1)19(14-21-19)13-20-18-12-6-8-15-7-4-5-11-17(15)18/h1-12H,13-14H2. The van der Waals surface area contributed by atoms with Gasteiger partial charge >= 0.3 is 0 Å². The lowest BCUT2D eigenvalue weighted by Gasteiger charge is -2.15. The van der Waals surface area contributed by atoms with Crippen molar-refractivity contribution in [2.45, 2.75) is 5.60 Å². The second kappa shape index (κ2) is 4.90. The quantitative estimate of drug-likeness (QED) is 0.668. The SMILES string of the molecule is c1ccc(C2(COc3cccc4ccccc34)CO2)cc1. The molecule has 0 spiro atoms. The van der Waals surface area contributed by atoms with E-state index in [1.807, 2.05) is 42.5 Å². The summed E-state index contributed by atoms with van der Waals surface area (Å²) in [5.74, 6) is 0.916. The van der Waals surface area contributed by atoms with Gasteiger partial charge < -0.3 is 9.47 Å². The highest BCUT2D eigenvalue weighted by Crippen LogP contribution is 2.39. The zero-order valence-electron chi connectivity index (χ0n) is 11.7. The number of epoxide rings is 1. The zero-order valence-corrected chi connectivity index (χ0v) is 11.7. The number of benzene rings is 3. The van der Waals surface area contributed by atoms with Crippen molar-refractivity contribution in [1.29, 1.82) is 0 Å². The van der Waals surface area contributed by atoms with Gasteiger partial charge in [0.1, 0.15) is 12.4 Å². The molecule has 3 aromatic carbocycles. The topological polar surface area (TPSA) is 21.8 Å². The van der Waals surface area contributed by atoms with Crippen LogP contribution in [0.25, 0.3) is 10.8 Å². The van der Waals surface area contributed by atoms with Crippen LogP contribution in [-0.4, -0.2) is 13.2 Å². The van der Waals surface area contributed by atoms with Crippen LogP contribution in [0.4, 0.5) is 0 Å². The van der Waals surface area contributed by atoms with Gasteiger partial charge in [-0.3, -0.25) is 0 Å². The van der Waals surface area contributed by atoms with Crippen molar-refractivity contribution in [2.75, 3.05) is 13.2 Å². The predicted molar refractivity (Wildman–Crippen MR) is 83.5 cm³/mol. The van der Waals surface area contributed by atoms with Gasteiger partial charge in [-0.05, 0) is 17.0 Å². The van der Waals surface area contributed by atoms with Crippen LogP contribution in [0.1, 0.15) is 5.56 Å². The third-order valence-electron chi connectivity index (χ3n) is 4.00. The fraction of sp³-hybridized carbons (Fsp3) is 0.158. The maximum Gasteiger partial charge on any atom is 0.150 e. The van der Waals surface area contributed by atoms with E-state index in [2.05, 4.69) is 30.3 Å². The Kier molecular flexibility index (Phi) is 2.90. The monoisotopic (exact) mass is 276 g/mol. The molecule has 1 heterocycles. The molecule has 0 N–H and O–H groups in total. The summed E-state index contributed by atoms with van der Waals surface area (Å²) in [6, 6.07) is 24.7. The van der Waals surface area contributed by atoms with Gasteiger partial charge in [0.05, 0.1) is 6.61 Å². The third kappa shape index (κ3) is 2.28. The lowest BCUT2D eigenvalue weighted by atomic mass is 10.0. The Bertz CT molecular complexity index is 755. The second-order valence-corrected chi connectivity index (χ2v) is 5.41. The molecule has 2 nitrogen and oxygen atoms in total. The zero-order chi connectivity index (χ0) is 14.1. The van der Waals surface area contributed by atoms with Crippen LogP contribution in [0.3, 0.4) is 0 Å². The molecule has 2 heteroatoms. The average molecular weight is 276 g/mol. The smallest absolute Gasteiger partial charge is 0.150 e. The molecule has 1 unspecified atom stereocenters. The number of hydrogen-bond acceptors (Lipinski definition) is 2. The molecule has 1 fully saturated rings. The molecule has 4 rings (SSSR count). The molecular formula is C19H16O2. The van der Waals surface area contributed by atoms with Crippen LogP contribution in [0, 0.1) is 0 Å². The summed E-state index contributed by atoms with van der Waals surface area (Å²) < 4.78 is 11.8. The van der Waals surface area contributed by atoms with Gasteiger partial charge in [0.25, 0.3) is 0 Å². The van der Waals surface area contributed by atoms with Crippen molar-refractivity contribution in [1.82, 2.24) is 0 Å². The molecule has 1 saturated heterocycles. The fourth-order valence-electron chi connectivity index (χ4n) is 2.68. The first-order valence-electron chi connectivity index (χ1n) is 7.17. The largest absolute Gasteiger partial charge is 0.489 e. The first-order chi connectivity index (χ1) is 10.4. The second-order valence-electron chi connectivity index (χ2n) is 5.41. The van der Waals surface area contributed by atoms with Gasteiger partial charge in [-0.15, -0.1) is 0 Å². The molecule has 0 saturated carbocycles. The molecule has 3 aromatic rings. The summed E-state index contributed by atoms with van der Waals surface area (Å²) in [6.45, 7) is 1.27. The minimum atomic E-state index is -0.266. The van der Waals surface area contributed by atoms with Crippen molar-refractivity contribution in [3.63, 3.8) is 0 Å². The van der Waals surface area contributed by atoms with Crippen LogP contribution in [-0.2, 0) is 10.3 Å². The highest BCUT2D eigenvalue weighted by molar-refractivity contribution is 5.88. The van der Waals surface area contributed by atoms with Gasteiger partial charge in [0.2, 0.25) is 0 Å². The van der Waals surface area contributed by atoms with E-state index in [9.17, 15) is 0 Å². The maximum absolute atomic E-state index is 6.08. The Morgan fingerprint density at radius 3 is 2.38 bits per heavy atom. The summed E-state index contributed by atoms with van der Waals surface area (Å²) in [7, 11) is 0. The summed E-state index contributed by atoms with van der Waals surface area (Å²) in [6.07, 6.45) is 0. The Balaban J connectivity index is 1.59.